The molecule has 2 heterocycles. The van der Waals surface area contributed by atoms with Gasteiger partial charge in [-0.1, -0.05) is 6.07 Å². The van der Waals surface area contributed by atoms with Gasteiger partial charge >= 0.3 is 11.5 Å². The van der Waals surface area contributed by atoms with E-state index in [9.17, 15) is 14.8 Å². The lowest BCUT2D eigenvalue weighted by molar-refractivity contribution is -0.136. The predicted octanol–water partition coefficient (Wildman–Crippen LogP) is -0.314. The standard InChI is InChI=1S/C12H12N4O4/c17-11-10-7(14-15-16(11)19)3-1-5-9(10)20-12(18)8-4-2-6-13-8/h1,3,5,8,13,19H,2,4,6H2/t8-/m0/s1. The monoisotopic (exact) mass is 276 g/mol. The van der Waals surface area contributed by atoms with E-state index < -0.39 is 11.5 Å². The van der Waals surface area contributed by atoms with Crippen molar-refractivity contribution in [2.24, 2.45) is 0 Å². The first-order chi connectivity index (χ1) is 9.66. The highest BCUT2D eigenvalue weighted by molar-refractivity contribution is 5.88. The fourth-order valence-corrected chi connectivity index (χ4v) is 2.20. The minimum atomic E-state index is -0.780. The maximum absolute atomic E-state index is 12.0. The van der Waals surface area contributed by atoms with Gasteiger partial charge in [0.1, 0.15) is 22.7 Å². The smallest absolute Gasteiger partial charge is 0.328 e. The molecule has 1 atom stereocenters. The molecular formula is C12H12N4O4. The summed E-state index contributed by atoms with van der Waals surface area (Å²) in [5.41, 5.74) is -0.525. The molecule has 0 aliphatic carbocycles. The Labute approximate surface area is 112 Å². The Morgan fingerprint density at radius 1 is 1.50 bits per heavy atom. The third-order valence-corrected chi connectivity index (χ3v) is 3.19. The Hall–Kier alpha value is -2.48. The summed E-state index contributed by atoms with van der Waals surface area (Å²) in [4.78, 5) is 23.9. The Bertz CT molecular complexity index is 721. The number of aromatic nitrogens is 3. The Morgan fingerprint density at radius 3 is 3.10 bits per heavy atom. The van der Waals surface area contributed by atoms with Crippen molar-refractivity contribution in [3.8, 4) is 5.75 Å². The van der Waals surface area contributed by atoms with Crippen LogP contribution in [0.25, 0.3) is 10.9 Å². The normalized spacial score (nSPS) is 18.3. The van der Waals surface area contributed by atoms with Gasteiger partial charge in [-0.25, -0.2) is 4.79 Å². The Morgan fingerprint density at radius 2 is 2.35 bits per heavy atom. The lowest BCUT2D eigenvalue weighted by Crippen LogP contribution is -2.34. The van der Waals surface area contributed by atoms with Crippen LogP contribution in [-0.4, -0.2) is 38.9 Å². The second-order valence-electron chi connectivity index (χ2n) is 4.50. The highest BCUT2D eigenvalue weighted by Gasteiger charge is 2.25. The number of hydrogen-bond acceptors (Lipinski definition) is 7. The number of carbonyl (C=O) groups is 1. The van der Waals surface area contributed by atoms with Crippen LogP contribution < -0.4 is 15.6 Å². The van der Waals surface area contributed by atoms with E-state index >= 15 is 0 Å². The summed E-state index contributed by atoms with van der Waals surface area (Å²) in [6.07, 6.45) is 1.61. The molecule has 1 fully saturated rings. The molecule has 0 unspecified atom stereocenters. The second kappa shape index (κ2) is 4.89. The van der Waals surface area contributed by atoms with Gasteiger partial charge in [0.2, 0.25) is 0 Å². The molecule has 0 amide bonds. The highest BCUT2D eigenvalue weighted by atomic mass is 16.5. The number of nitrogens with one attached hydrogen (secondary N) is 1. The summed E-state index contributed by atoms with van der Waals surface area (Å²) in [7, 11) is 0. The number of rotatable bonds is 2. The largest absolute Gasteiger partial charge is 0.424 e. The summed E-state index contributed by atoms with van der Waals surface area (Å²) >= 11 is 0. The summed E-state index contributed by atoms with van der Waals surface area (Å²) in [6, 6.07) is 4.27. The molecule has 1 aromatic carbocycles. The summed E-state index contributed by atoms with van der Waals surface area (Å²) in [5.74, 6) is -0.375. The molecule has 2 aromatic rings. The summed E-state index contributed by atoms with van der Waals surface area (Å²) < 4.78 is 5.25. The maximum Gasteiger partial charge on any atom is 0.328 e. The van der Waals surface area contributed by atoms with Crippen molar-refractivity contribution in [1.29, 1.82) is 0 Å². The Balaban J connectivity index is 2.01. The number of nitrogens with zero attached hydrogens (tertiary/aromatic N) is 3. The minimum absolute atomic E-state index is 0.0244. The summed E-state index contributed by atoms with van der Waals surface area (Å²) in [6.45, 7) is 0.768. The van der Waals surface area contributed by atoms with Crippen LogP contribution in [0.4, 0.5) is 0 Å². The van der Waals surface area contributed by atoms with Crippen LogP contribution in [0.15, 0.2) is 23.0 Å². The molecule has 1 saturated heterocycles. The van der Waals surface area contributed by atoms with E-state index in [1.807, 2.05) is 0 Å². The lowest BCUT2D eigenvalue weighted by atomic mass is 10.2. The number of fused-ring (bicyclic) bond motifs is 1. The van der Waals surface area contributed by atoms with E-state index in [-0.39, 0.29) is 27.5 Å². The average Bonchev–Trinajstić information content (AvgIpc) is 2.97. The van der Waals surface area contributed by atoms with Crippen molar-refractivity contribution < 1.29 is 14.7 Å². The third-order valence-electron chi connectivity index (χ3n) is 3.19. The molecule has 2 N–H and O–H groups in total. The van der Waals surface area contributed by atoms with Crippen LogP contribution in [0.1, 0.15) is 12.8 Å². The molecular weight excluding hydrogens is 264 g/mol. The van der Waals surface area contributed by atoms with Gasteiger partial charge in [0.25, 0.3) is 0 Å². The van der Waals surface area contributed by atoms with Crippen molar-refractivity contribution in [2.45, 2.75) is 18.9 Å². The molecule has 104 valence electrons. The molecule has 1 aromatic heterocycles. The SMILES string of the molecule is O=C(Oc1cccc2nnn(O)c(=O)c12)[C@@H]1CCCN1. The number of ether oxygens (including phenoxy) is 1. The van der Waals surface area contributed by atoms with Gasteiger partial charge in [-0.15, -0.1) is 5.10 Å². The topological polar surface area (TPSA) is 106 Å². The fourth-order valence-electron chi connectivity index (χ4n) is 2.20. The predicted molar refractivity (Wildman–Crippen MR) is 67.6 cm³/mol. The van der Waals surface area contributed by atoms with Crippen LogP contribution in [0.3, 0.4) is 0 Å². The second-order valence-corrected chi connectivity index (χ2v) is 4.50. The zero-order valence-corrected chi connectivity index (χ0v) is 10.4. The van der Waals surface area contributed by atoms with Crippen LogP contribution in [0.5, 0.6) is 5.75 Å². The number of carbonyl (C=O) groups excluding carboxylic acids is 1. The fraction of sp³-hybridized carbons (Fsp3) is 0.333. The van der Waals surface area contributed by atoms with E-state index in [0.29, 0.717) is 6.42 Å². The molecule has 0 saturated carbocycles. The minimum Gasteiger partial charge on any atom is -0.424 e. The van der Waals surface area contributed by atoms with E-state index in [1.165, 1.54) is 6.07 Å². The molecule has 0 spiro atoms. The van der Waals surface area contributed by atoms with Gasteiger partial charge in [-0.05, 0) is 41.6 Å². The molecule has 8 nitrogen and oxygen atoms in total. The zero-order valence-electron chi connectivity index (χ0n) is 10.4. The maximum atomic E-state index is 12.0. The molecule has 1 aliphatic heterocycles. The summed E-state index contributed by atoms with van der Waals surface area (Å²) in [5, 5.41) is 19.2. The van der Waals surface area contributed by atoms with E-state index in [0.717, 1.165) is 13.0 Å². The number of hydrogen-bond donors (Lipinski definition) is 2. The van der Waals surface area contributed by atoms with Crippen molar-refractivity contribution in [2.75, 3.05) is 6.54 Å². The number of benzene rings is 1. The van der Waals surface area contributed by atoms with Crippen molar-refractivity contribution in [3.05, 3.63) is 28.6 Å². The van der Waals surface area contributed by atoms with Crippen LogP contribution in [-0.2, 0) is 4.79 Å². The average molecular weight is 276 g/mol. The van der Waals surface area contributed by atoms with Crippen molar-refractivity contribution >= 4 is 16.9 Å². The van der Waals surface area contributed by atoms with Gasteiger partial charge in [0, 0.05) is 0 Å². The van der Waals surface area contributed by atoms with E-state index in [1.54, 1.807) is 12.1 Å². The van der Waals surface area contributed by atoms with Gasteiger partial charge in [-0.2, -0.15) is 0 Å². The lowest BCUT2D eigenvalue weighted by Gasteiger charge is -2.11. The first-order valence-electron chi connectivity index (χ1n) is 6.20. The van der Waals surface area contributed by atoms with Crippen molar-refractivity contribution in [1.82, 2.24) is 20.5 Å². The van der Waals surface area contributed by atoms with Gasteiger partial charge in [0.15, 0.2) is 0 Å². The molecule has 3 rings (SSSR count). The van der Waals surface area contributed by atoms with Crippen LogP contribution in [0, 0.1) is 0 Å². The first-order valence-corrected chi connectivity index (χ1v) is 6.20. The molecule has 0 radical (unpaired) electrons. The van der Waals surface area contributed by atoms with Crippen LogP contribution in [0.2, 0.25) is 0 Å². The van der Waals surface area contributed by atoms with Crippen molar-refractivity contribution in [3.63, 3.8) is 0 Å². The molecule has 1 aliphatic rings. The van der Waals surface area contributed by atoms with Gasteiger partial charge < -0.3 is 15.3 Å². The Kier molecular flexibility index (Phi) is 3.07. The van der Waals surface area contributed by atoms with Gasteiger partial charge in [0.05, 0.1) is 0 Å². The quantitative estimate of drug-likeness (QED) is 0.440. The van der Waals surface area contributed by atoms with Crippen LogP contribution >= 0.6 is 0 Å². The van der Waals surface area contributed by atoms with E-state index in [4.69, 9.17) is 4.74 Å². The van der Waals surface area contributed by atoms with E-state index in [2.05, 4.69) is 15.6 Å². The number of esters is 1. The molecule has 20 heavy (non-hydrogen) atoms. The third kappa shape index (κ3) is 2.10. The van der Waals surface area contributed by atoms with Gasteiger partial charge in [-0.3, -0.25) is 4.79 Å². The molecule has 8 heteroatoms. The highest BCUT2D eigenvalue weighted by Crippen LogP contribution is 2.21. The molecule has 0 bridgehead atoms. The zero-order chi connectivity index (χ0) is 14.1. The first kappa shape index (κ1) is 12.5.